The second-order valence-electron chi connectivity index (χ2n) is 6.59. The summed E-state index contributed by atoms with van der Waals surface area (Å²) in [7, 11) is 1.84. The van der Waals surface area contributed by atoms with Crippen molar-refractivity contribution in [2.75, 3.05) is 20.1 Å². The van der Waals surface area contributed by atoms with Gasteiger partial charge in [0.1, 0.15) is 5.82 Å². The van der Waals surface area contributed by atoms with Crippen molar-refractivity contribution in [3.05, 3.63) is 59.7 Å². The number of likely N-dealkylation sites (tertiary alicyclic amines) is 1. The van der Waals surface area contributed by atoms with Crippen molar-refractivity contribution in [3.63, 3.8) is 0 Å². The third-order valence-corrected chi connectivity index (χ3v) is 4.72. The first-order valence-electron chi connectivity index (χ1n) is 8.40. The molecule has 24 heavy (non-hydrogen) atoms. The predicted molar refractivity (Wildman–Crippen MR) is 97.0 cm³/mol. The van der Waals surface area contributed by atoms with E-state index in [9.17, 15) is 0 Å². The van der Waals surface area contributed by atoms with Crippen LogP contribution in [-0.2, 0) is 12.0 Å². The highest BCUT2D eigenvalue weighted by Gasteiger charge is 2.36. The van der Waals surface area contributed by atoms with Crippen LogP contribution in [0.4, 0.5) is 0 Å². The van der Waals surface area contributed by atoms with Gasteiger partial charge >= 0.3 is 0 Å². The molecule has 1 atom stereocenters. The minimum absolute atomic E-state index is 0.171. The molecule has 0 spiro atoms. The van der Waals surface area contributed by atoms with Gasteiger partial charge in [0, 0.05) is 31.7 Å². The van der Waals surface area contributed by atoms with Gasteiger partial charge in [-0.25, -0.2) is 9.97 Å². The molecule has 126 valence electrons. The molecule has 2 heterocycles. The normalized spacial score (nSPS) is 21.1. The highest BCUT2D eigenvalue weighted by Crippen LogP contribution is 2.33. The van der Waals surface area contributed by atoms with Crippen molar-refractivity contribution in [3.8, 4) is 0 Å². The number of aryl methyl sites for hydroxylation is 1. The Bertz CT molecular complexity index is 713. The van der Waals surface area contributed by atoms with Crippen LogP contribution in [-0.4, -0.2) is 41.0 Å². The lowest BCUT2D eigenvalue weighted by Crippen LogP contribution is -2.41. The largest absolute Gasteiger partial charge is 0.351 e. The van der Waals surface area contributed by atoms with Crippen LogP contribution in [0, 0.1) is 6.92 Å². The maximum Gasteiger partial charge on any atom is 0.193 e. The Morgan fingerprint density at radius 2 is 2.08 bits per heavy atom. The van der Waals surface area contributed by atoms with Gasteiger partial charge in [-0.2, -0.15) is 0 Å². The highest BCUT2D eigenvalue weighted by atomic mass is 15.3. The van der Waals surface area contributed by atoms with E-state index in [0.29, 0.717) is 6.54 Å². The number of aliphatic imine (C=N–C) groups is 1. The zero-order chi connectivity index (χ0) is 17.0. The van der Waals surface area contributed by atoms with Crippen molar-refractivity contribution >= 4 is 5.96 Å². The fourth-order valence-corrected chi connectivity index (χ4v) is 3.32. The summed E-state index contributed by atoms with van der Waals surface area (Å²) in [5.41, 5.74) is 2.55. The first-order chi connectivity index (χ1) is 11.6. The summed E-state index contributed by atoms with van der Waals surface area (Å²) in [4.78, 5) is 15.4. The number of rotatable bonds is 3. The molecule has 0 radical (unpaired) electrons. The van der Waals surface area contributed by atoms with Crippen molar-refractivity contribution in [2.24, 2.45) is 4.99 Å². The molecule has 5 nitrogen and oxygen atoms in total. The number of aromatic nitrogens is 2. The Kier molecular flexibility index (Phi) is 4.79. The molecule has 1 saturated heterocycles. The van der Waals surface area contributed by atoms with Gasteiger partial charge in [0.2, 0.25) is 0 Å². The van der Waals surface area contributed by atoms with Gasteiger partial charge in [-0.3, -0.25) is 4.99 Å². The summed E-state index contributed by atoms with van der Waals surface area (Å²) in [5, 5.41) is 3.43. The molecule has 2 aromatic rings. The van der Waals surface area contributed by atoms with Crippen LogP contribution < -0.4 is 5.32 Å². The molecule has 0 bridgehead atoms. The maximum absolute atomic E-state index is 4.45. The molecule has 0 aliphatic carbocycles. The van der Waals surface area contributed by atoms with Gasteiger partial charge in [-0.15, -0.1) is 0 Å². The average Bonchev–Trinajstić information content (AvgIpc) is 3.00. The zero-order valence-electron chi connectivity index (χ0n) is 14.7. The fourth-order valence-electron chi connectivity index (χ4n) is 3.32. The van der Waals surface area contributed by atoms with Crippen LogP contribution in [0.15, 0.2) is 47.6 Å². The van der Waals surface area contributed by atoms with Crippen molar-refractivity contribution < 1.29 is 0 Å². The van der Waals surface area contributed by atoms with E-state index < -0.39 is 0 Å². The van der Waals surface area contributed by atoms with Crippen LogP contribution in [0.2, 0.25) is 0 Å². The van der Waals surface area contributed by atoms with Crippen molar-refractivity contribution in [1.82, 2.24) is 20.2 Å². The van der Waals surface area contributed by atoms with E-state index in [0.717, 1.165) is 37.0 Å². The van der Waals surface area contributed by atoms with Crippen molar-refractivity contribution in [1.29, 1.82) is 0 Å². The topological polar surface area (TPSA) is 53.4 Å². The van der Waals surface area contributed by atoms with Gasteiger partial charge in [0.25, 0.3) is 0 Å². The summed E-state index contributed by atoms with van der Waals surface area (Å²) in [5.74, 6) is 1.73. The monoisotopic (exact) mass is 323 g/mol. The third kappa shape index (κ3) is 3.55. The molecule has 5 heteroatoms. The molecule has 3 rings (SSSR count). The highest BCUT2D eigenvalue weighted by molar-refractivity contribution is 5.80. The number of benzene rings is 1. The number of guanidine groups is 1. The summed E-state index contributed by atoms with van der Waals surface area (Å²) >= 11 is 0. The van der Waals surface area contributed by atoms with Crippen LogP contribution in [0.25, 0.3) is 0 Å². The summed E-state index contributed by atoms with van der Waals surface area (Å²) < 4.78 is 0. The molecule has 1 aliphatic rings. The van der Waals surface area contributed by atoms with E-state index in [-0.39, 0.29) is 5.41 Å². The zero-order valence-corrected chi connectivity index (χ0v) is 14.7. The quantitative estimate of drug-likeness (QED) is 0.696. The van der Waals surface area contributed by atoms with Gasteiger partial charge in [-0.1, -0.05) is 37.3 Å². The number of hydrogen-bond acceptors (Lipinski definition) is 3. The Morgan fingerprint density at radius 1 is 1.29 bits per heavy atom. The predicted octanol–water partition coefficient (Wildman–Crippen LogP) is 2.52. The lowest BCUT2D eigenvalue weighted by atomic mass is 9.82. The van der Waals surface area contributed by atoms with Gasteiger partial charge in [0.05, 0.1) is 12.2 Å². The molecular weight excluding hydrogens is 298 g/mol. The molecule has 1 N–H and O–H groups in total. The Hall–Kier alpha value is -2.43. The Morgan fingerprint density at radius 3 is 2.79 bits per heavy atom. The van der Waals surface area contributed by atoms with Crippen LogP contribution in [0.5, 0.6) is 0 Å². The smallest absolute Gasteiger partial charge is 0.193 e. The van der Waals surface area contributed by atoms with Crippen LogP contribution >= 0.6 is 0 Å². The van der Waals surface area contributed by atoms with Gasteiger partial charge < -0.3 is 10.2 Å². The Balaban J connectivity index is 1.65. The fraction of sp³-hybridized carbons (Fsp3) is 0.421. The second kappa shape index (κ2) is 6.99. The number of nitrogens with zero attached hydrogens (tertiary/aromatic N) is 4. The van der Waals surface area contributed by atoms with E-state index >= 15 is 0 Å². The minimum Gasteiger partial charge on any atom is -0.351 e. The summed E-state index contributed by atoms with van der Waals surface area (Å²) in [6, 6.07) is 12.7. The SMILES string of the molecule is CN=C(NCc1ccnc(C)n1)N1CCC(C)(c2ccccc2)C1. The molecule has 1 aromatic carbocycles. The summed E-state index contributed by atoms with van der Waals surface area (Å²) in [6.07, 6.45) is 2.93. The van der Waals surface area contributed by atoms with E-state index in [2.05, 4.69) is 62.4 Å². The lowest BCUT2D eigenvalue weighted by Gasteiger charge is -2.27. The molecule has 1 aromatic heterocycles. The van der Waals surface area contributed by atoms with Crippen molar-refractivity contribution in [2.45, 2.75) is 32.2 Å². The number of nitrogens with one attached hydrogen (secondary N) is 1. The maximum atomic E-state index is 4.45. The van der Waals surface area contributed by atoms with E-state index in [1.807, 2.05) is 20.0 Å². The Labute approximate surface area is 143 Å². The third-order valence-electron chi connectivity index (χ3n) is 4.72. The summed E-state index contributed by atoms with van der Waals surface area (Å²) in [6.45, 7) is 6.88. The van der Waals surface area contributed by atoms with E-state index in [4.69, 9.17) is 0 Å². The first kappa shape index (κ1) is 16.4. The molecule has 1 aliphatic heterocycles. The minimum atomic E-state index is 0.171. The molecular formula is C19H25N5. The molecule has 0 saturated carbocycles. The van der Waals surface area contributed by atoms with E-state index in [1.165, 1.54) is 5.56 Å². The van der Waals surface area contributed by atoms with Crippen LogP contribution in [0.3, 0.4) is 0 Å². The molecule has 0 amide bonds. The standard InChI is InChI=1S/C19H25N5/c1-15-21-11-9-17(23-15)13-22-18(20-3)24-12-10-19(2,14-24)16-7-5-4-6-8-16/h4-9,11H,10,12-14H2,1-3H3,(H,20,22). The number of hydrogen-bond donors (Lipinski definition) is 1. The first-order valence-corrected chi connectivity index (χ1v) is 8.40. The molecule has 1 fully saturated rings. The van der Waals surface area contributed by atoms with Gasteiger partial charge in [-0.05, 0) is 25.0 Å². The second-order valence-corrected chi connectivity index (χ2v) is 6.59. The van der Waals surface area contributed by atoms with Crippen LogP contribution in [0.1, 0.15) is 30.4 Å². The lowest BCUT2D eigenvalue weighted by molar-refractivity contribution is 0.438. The average molecular weight is 323 g/mol. The van der Waals surface area contributed by atoms with E-state index in [1.54, 1.807) is 6.20 Å². The van der Waals surface area contributed by atoms with Gasteiger partial charge in [0.15, 0.2) is 5.96 Å². The molecule has 1 unspecified atom stereocenters.